The molecule has 2 aromatic rings. The van der Waals surface area contributed by atoms with Crippen LogP contribution in [-0.2, 0) is 6.42 Å². The molecular weight excluding hydrogens is 268 g/mol. The van der Waals surface area contributed by atoms with Crippen LogP contribution >= 0.6 is 15.9 Å². The molecule has 0 amide bonds. The van der Waals surface area contributed by atoms with Crippen molar-refractivity contribution in [3.8, 4) is 0 Å². The summed E-state index contributed by atoms with van der Waals surface area (Å²) in [4.78, 5) is 20.0. The van der Waals surface area contributed by atoms with Crippen LogP contribution in [0.4, 0.5) is 0 Å². The van der Waals surface area contributed by atoms with Gasteiger partial charge < -0.3 is 0 Å². The van der Waals surface area contributed by atoms with Crippen molar-refractivity contribution < 1.29 is 4.79 Å². The zero-order valence-electron chi connectivity index (χ0n) is 8.43. The Bertz CT molecular complexity index is 482. The van der Waals surface area contributed by atoms with E-state index in [1.807, 2.05) is 18.2 Å². The maximum Gasteiger partial charge on any atom is 0.187 e. The predicted molar refractivity (Wildman–Crippen MR) is 64.2 cm³/mol. The number of rotatable bonds is 3. The Morgan fingerprint density at radius 3 is 2.69 bits per heavy atom. The van der Waals surface area contributed by atoms with Gasteiger partial charge in [-0.15, -0.1) is 0 Å². The number of ketones is 1. The van der Waals surface area contributed by atoms with Gasteiger partial charge in [0.05, 0.1) is 6.42 Å². The fraction of sp³-hybridized carbons (Fsp3) is 0.0833. The number of hydrogen-bond acceptors (Lipinski definition) is 3. The van der Waals surface area contributed by atoms with E-state index in [2.05, 4.69) is 25.9 Å². The second-order valence-electron chi connectivity index (χ2n) is 3.28. The molecule has 0 atom stereocenters. The minimum atomic E-state index is -0.0220. The van der Waals surface area contributed by atoms with Crippen molar-refractivity contribution in [1.29, 1.82) is 0 Å². The van der Waals surface area contributed by atoms with Crippen molar-refractivity contribution in [2.45, 2.75) is 6.42 Å². The van der Waals surface area contributed by atoms with Crippen LogP contribution in [0.3, 0.4) is 0 Å². The molecule has 0 aromatic carbocycles. The van der Waals surface area contributed by atoms with Gasteiger partial charge in [0.15, 0.2) is 5.78 Å². The average molecular weight is 277 g/mol. The summed E-state index contributed by atoms with van der Waals surface area (Å²) in [6.07, 6.45) is 3.58. The van der Waals surface area contributed by atoms with Crippen molar-refractivity contribution in [2.75, 3.05) is 0 Å². The van der Waals surface area contributed by atoms with Gasteiger partial charge in [-0.3, -0.25) is 14.8 Å². The molecule has 0 aliphatic heterocycles. The van der Waals surface area contributed by atoms with Crippen molar-refractivity contribution in [3.63, 3.8) is 0 Å². The Balaban J connectivity index is 2.12. The van der Waals surface area contributed by atoms with Crippen molar-refractivity contribution >= 4 is 21.7 Å². The van der Waals surface area contributed by atoms with Crippen LogP contribution in [0.2, 0.25) is 0 Å². The Labute approximate surface area is 102 Å². The van der Waals surface area contributed by atoms with E-state index in [4.69, 9.17) is 0 Å². The van der Waals surface area contributed by atoms with E-state index in [0.717, 1.165) is 10.2 Å². The Morgan fingerprint density at radius 2 is 2.06 bits per heavy atom. The number of aromatic nitrogens is 2. The highest BCUT2D eigenvalue weighted by atomic mass is 79.9. The van der Waals surface area contributed by atoms with Gasteiger partial charge in [-0.2, -0.15) is 0 Å². The number of hydrogen-bond donors (Lipinski definition) is 0. The van der Waals surface area contributed by atoms with Crippen molar-refractivity contribution in [3.05, 3.63) is 58.6 Å². The lowest BCUT2D eigenvalue weighted by Gasteiger charge is -1.99. The maximum atomic E-state index is 11.8. The molecule has 0 unspecified atom stereocenters. The summed E-state index contributed by atoms with van der Waals surface area (Å²) in [6.45, 7) is 0. The van der Waals surface area contributed by atoms with Gasteiger partial charge in [0.2, 0.25) is 0 Å². The first-order valence-corrected chi connectivity index (χ1v) is 5.59. The van der Waals surface area contributed by atoms with E-state index in [1.165, 1.54) is 0 Å². The van der Waals surface area contributed by atoms with Crippen molar-refractivity contribution in [1.82, 2.24) is 9.97 Å². The number of carbonyl (C=O) groups is 1. The largest absolute Gasteiger partial charge is 0.292 e. The molecule has 80 valence electrons. The van der Waals surface area contributed by atoms with E-state index in [9.17, 15) is 4.79 Å². The third-order valence-electron chi connectivity index (χ3n) is 2.08. The molecule has 4 heteroatoms. The molecule has 16 heavy (non-hydrogen) atoms. The number of nitrogens with zero attached hydrogens (tertiary/aromatic N) is 2. The zero-order valence-corrected chi connectivity index (χ0v) is 10.0. The van der Waals surface area contributed by atoms with E-state index in [-0.39, 0.29) is 12.2 Å². The topological polar surface area (TPSA) is 42.9 Å². The Hall–Kier alpha value is -1.55. The second kappa shape index (κ2) is 4.99. The highest BCUT2D eigenvalue weighted by molar-refractivity contribution is 9.10. The normalized spacial score (nSPS) is 10.1. The standard InChI is InChI=1S/C12H9BrN2O/c13-9-4-5-11(15-8-9)12(16)7-10-3-1-2-6-14-10/h1-6,8H,7H2. The van der Waals surface area contributed by atoms with Gasteiger partial charge in [-0.1, -0.05) is 6.07 Å². The molecule has 3 nitrogen and oxygen atoms in total. The van der Waals surface area contributed by atoms with E-state index >= 15 is 0 Å². The lowest BCUT2D eigenvalue weighted by molar-refractivity contribution is 0.0987. The molecule has 0 saturated carbocycles. The number of Topliss-reactive ketones (excluding diaryl/α,β-unsaturated/α-hetero) is 1. The summed E-state index contributed by atoms with van der Waals surface area (Å²) in [5.41, 5.74) is 1.23. The summed E-state index contributed by atoms with van der Waals surface area (Å²) in [5.74, 6) is -0.0220. The SMILES string of the molecule is O=C(Cc1ccccn1)c1ccc(Br)cn1. The zero-order chi connectivity index (χ0) is 11.4. The van der Waals surface area contributed by atoms with Crippen LogP contribution in [0.25, 0.3) is 0 Å². The van der Waals surface area contributed by atoms with Crippen LogP contribution in [0.5, 0.6) is 0 Å². The van der Waals surface area contributed by atoms with Gasteiger partial charge in [-0.05, 0) is 40.2 Å². The fourth-order valence-corrected chi connectivity index (χ4v) is 1.53. The highest BCUT2D eigenvalue weighted by Crippen LogP contribution is 2.09. The number of carbonyl (C=O) groups excluding carboxylic acids is 1. The molecule has 2 heterocycles. The molecule has 0 radical (unpaired) electrons. The van der Waals surface area contributed by atoms with Crippen molar-refractivity contribution in [2.24, 2.45) is 0 Å². The maximum absolute atomic E-state index is 11.8. The first-order valence-electron chi connectivity index (χ1n) is 4.80. The lowest BCUT2D eigenvalue weighted by atomic mass is 10.1. The lowest BCUT2D eigenvalue weighted by Crippen LogP contribution is -2.06. The monoisotopic (exact) mass is 276 g/mol. The Kier molecular flexibility index (Phi) is 3.41. The van der Waals surface area contributed by atoms with Gasteiger partial charge in [0, 0.05) is 22.6 Å². The molecule has 0 spiro atoms. The number of pyridine rings is 2. The van der Waals surface area contributed by atoms with E-state index < -0.39 is 0 Å². The van der Waals surface area contributed by atoms with Gasteiger partial charge in [0.25, 0.3) is 0 Å². The third kappa shape index (κ3) is 2.73. The van der Waals surface area contributed by atoms with E-state index in [1.54, 1.807) is 24.5 Å². The molecule has 0 bridgehead atoms. The molecule has 2 rings (SSSR count). The third-order valence-corrected chi connectivity index (χ3v) is 2.55. The second-order valence-corrected chi connectivity index (χ2v) is 4.20. The van der Waals surface area contributed by atoms with Gasteiger partial charge >= 0.3 is 0 Å². The molecule has 0 saturated heterocycles. The Morgan fingerprint density at radius 1 is 1.19 bits per heavy atom. The molecule has 0 N–H and O–H groups in total. The first-order chi connectivity index (χ1) is 7.75. The van der Waals surface area contributed by atoms with Crippen LogP contribution in [0.15, 0.2) is 47.2 Å². The first kappa shape index (κ1) is 11.0. The predicted octanol–water partition coefficient (Wildman–Crippen LogP) is 2.66. The number of halogens is 1. The summed E-state index contributed by atoms with van der Waals surface area (Å²) in [5, 5.41) is 0. The average Bonchev–Trinajstić information content (AvgIpc) is 2.31. The molecule has 0 aliphatic carbocycles. The highest BCUT2D eigenvalue weighted by Gasteiger charge is 2.08. The minimum Gasteiger partial charge on any atom is -0.292 e. The minimum absolute atomic E-state index is 0.0220. The van der Waals surface area contributed by atoms with Crippen LogP contribution < -0.4 is 0 Å². The summed E-state index contributed by atoms with van der Waals surface area (Å²) in [7, 11) is 0. The van der Waals surface area contributed by atoms with Crippen LogP contribution in [0.1, 0.15) is 16.2 Å². The quantitative estimate of drug-likeness (QED) is 0.810. The molecule has 0 aliphatic rings. The summed E-state index contributed by atoms with van der Waals surface area (Å²) in [6, 6.07) is 9.03. The summed E-state index contributed by atoms with van der Waals surface area (Å²) >= 11 is 3.28. The van der Waals surface area contributed by atoms with E-state index in [0.29, 0.717) is 5.69 Å². The smallest absolute Gasteiger partial charge is 0.187 e. The van der Waals surface area contributed by atoms with Crippen LogP contribution in [-0.4, -0.2) is 15.8 Å². The molecular formula is C12H9BrN2O. The van der Waals surface area contributed by atoms with Gasteiger partial charge in [0.1, 0.15) is 5.69 Å². The fourth-order valence-electron chi connectivity index (χ4n) is 1.30. The summed E-state index contributed by atoms with van der Waals surface area (Å²) < 4.78 is 0.863. The van der Waals surface area contributed by atoms with Crippen LogP contribution in [0, 0.1) is 0 Å². The van der Waals surface area contributed by atoms with Gasteiger partial charge in [-0.25, -0.2) is 0 Å². The molecule has 2 aromatic heterocycles. The molecule has 0 fully saturated rings.